The molecule has 0 N–H and O–H groups in total. The van der Waals surface area contributed by atoms with Gasteiger partial charge in [0.2, 0.25) is 5.78 Å². The summed E-state index contributed by atoms with van der Waals surface area (Å²) in [6.45, 7) is 2.28. The molecule has 0 spiro atoms. The van der Waals surface area contributed by atoms with Gasteiger partial charge in [-0.15, -0.1) is 11.3 Å². The molecule has 0 aliphatic carbocycles. The zero-order valence-corrected chi connectivity index (χ0v) is 18.3. The van der Waals surface area contributed by atoms with Crippen LogP contribution in [0.5, 0.6) is 17.2 Å². The molecular weight excluding hydrogens is 424 g/mol. The fraction of sp³-hybridized carbons (Fsp3) is 0.0769. The lowest BCUT2D eigenvalue weighted by Crippen LogP contribution is -2.03. The van der Waals surface area contributed by atoms with E-state index in [9.17, 15) is 9.59 Å². The van der Waals surface area contributed by atoms with Crippen LogP contribution in [0.15, 0.2) is 73.0 Å². The van der Waals surface area contributed by atoms with Crippen molar-refractivity contribution in [3.63, 3.8) is 0 Å². The van der Waals surface area contributed by atoms with Gasteiger partial charge >= 0.3 is 0 Å². The van der Waals surface area contributed by atoms with Crippen LogP contribution in [-0.4, -0.2) is 19.4 Å². The van der Waals surface area contributed by atoms with Crippen molar-refractivity contribution in [2.75, 3.05) is 7.11 Å². The first-order valence-corrected chi connectivity index (χ1v) is 10.7. The average Bonchev–Trinajstić information content (AvgIpc) is 3.17. The Morgan fingerprint density at radius 3 is 2.44 bits per heavy atom. The molecule has 6 heteroatoms. The molecule has 0 radical (unpaired) electrons. The van der Waals surface area contributed by atoms with Crippen molar-refractivity contribution in [3.8, 4) is 17.2 Å². The molecule has 4 rings (SSSR count). The quantitative estimate of drug-likeness (QED) is 0.179. The molecule has 0 aliphatic heterocycles. The highest BCUT2D eigenvalue weighted by molar-refractivity contribution is 7.21. The van der Waals surface area contributed by atoms with Gasteiger partial charge in [0, 0.05) is 15.6 Å². The molecule has 32 heavy (non-hydrogen) atoms. The van der Waals surface area contributed by atoms with Crippen molar-refractivity contribution >= 4 is 39.8 Å². The van der Waals surface area contributed by atoms with Crippen molar-refractivity contribution in [3.05, 3.63) is 94.6 Å². The van der Waals surface area contributed by atoms with Crippen LogP contribution in [0.3, 0.4) is 0 Å². The SMILES string of the molecule is COc1ccc2c(Oc3ccc(/C=C/OC=O)cc3)c(C(=O)c3ccccc3C)sc2c1. The summed E-state index contributed by atoms with van der Waals surface area (Å²) in [7, 11) is 1.61. The van der Waals surface area contributed by atoms with Crippen LogP contribution in [0.4, 0.5) is 0 Å². The molecule has 1 heterocycles. The fourth-order valence-electron chi connectivity index (χ4n) is 3.30. The first-order valence-electron chi connectivity index (χ1n) is 9.85. The van der Waals surface area contributed by atoms with Gasteiger partial charge in [-0.05, 0) is 54.5 Å². The molecule has 5 nitrogen and oxygen atoms in total. The van der Waals surface area contributed by atoms with E-state index in [2.05, 4.69) is 4.74 Å². The smallest absolute Gasteiger partial charge is 0.297 e. The van der Waals surface area contributed by atoms with Gasteiger partial charge in [0.25, 0.3) is 6.47 Å². The first kappa shape index (κ1) is 21.3. The van der Waals surface area contributed by atoms with E-state index in [1.807, 2.05) is 61.5 Å². The Balaban J connectivity index is 1.75. The molecule has 0 unspecified atom stereocenters. The summed E-state index contributed by atoms with van der Waals surface area (Å²) in [5.41, 5.74) is 2.40. The second-order valence-electron chi connectivity index (χ2n) is 6.97. The van der Waals surface area contributed by atoms with E-state index < -0.39 is 0 Å². The highest BCUT2D eigenvalue weighted by Gasteiger charge is 2.23. The number of ketones is 1. The number of carbonyl (C=O) groups is 2. The van der Waals surface area contributed by atoms with Gasteiger partial charge < -0.3 is 14.2 Å². The maximum absolute atomic E-state index is 13.5. The molecule has 160 valence electrons. The maximum Gasteiger partial charge on any atom is 0.297 e. The number of benzene rings is 3. The van der Waals surface area contributed by atoms with E-state index >= 15 is 0 Å². The fourth-order valence-corrected chi connectivity index (χ4v) is 4.41. The largest absolute Gasteiger partial charge is 0.497 e. The predicted molar refractivity (Wildman–Crippen MR) is 126 cm³/mol. The zero-order valence-electron chi connectivity index (χ0n) is 17.5. The van der Waals surface area contributed by atoms with Crippen LogP contribution < -0.4 is 9.47 Å². The third-order valence-corrected chi connectivity index (χ3v) is 6.07. The Morgan fingerprint density at radius 2 is 1.72 bits per heavy atom. The van der Waals surface area contributed by atoms with Crippen LogP contribution in [0.1, 0.15) is 26.4 Å². The Kier molecular flexibility index (Phi) is 6.33. The van der Waals surface area contributed by atoms with E-state index in [4.69, 9.17) is 9.47 Å². The van der Waals surface area contributed by atoms with E-state index in [0.717, 1.165) is 21.2 Å². The minimum atomic E-state index is -0.0798. The third kappa shape index (κ3) is 4.40. The van der Waals surface area contributed by atoms with Gasteiger partial charge in [0.1, 0.15) is 16.4 Å². The lowest BCUT2D eigenvalue weighted by molar-refractivity contribution is -0.123. The molecule has 0 saturated heterocycles. The number of fused-ring (bicyclic) bond motifs is 1. The summed E-state index contributed by atoms with van der Waals surface area (Å²) in [5.74, 6) is 1.75. The highest BCUT2D eigenvalue weighted by Crippen LogP contribution is 2.43. The minimum absolute atomic E-state index is 0.0798. The van der Waals surface area contributed by atoms with Crippen molar-refractivity contribution in [2.24, 2.45) is 0 Å². The molecule has 0 amide bonds. The lowest BCUT2D eigenvalue weighted by Gasteiger charge is -2.09. The second kappa shape index (κ2) is 9.49. The van der Waals surface area contributed by atoms with Gasteiger partial charge in [-0.2, -0.15) is 0 Å². The monoisotopic (exact) mass is 444 g/mol. The van der Waals surface area contributed by atoms with E-state index in [1.165, 1.54) is 17.6 Å². The standard InChI is InChI=1S/C26H20O5S/c1-17-5-3-4-6-21(17)24(28)26-25(22-12-11-20(29-2)15-23(22)32-26)31-19-9-7-18(8-10-19)13-14-30-16-27/h3-16H,1-2H3/b14-13+. The van der Waals surface area contributed by atoms with Crippen LogP contribution >= 0.6 is 11.3 Å². The Labute approximate surface area is 189 Å². The molecule has 1 aromatic heterocycles. The topological polar surface area (TPSA) is 61.8 Å². The van der Waals surface area contributed by atoms with Crippen molar-refractivity contribution in [1.82, 2.24) is 0 Å². The number of thiophene rings is 1. The van der Waals surface area contributed by atoms with Crippen LogP contribution in [0.2, 0.25) is 0 Å². The summed E-state index contributed by atoms with van der Waals surface area (Å²) in [6.07, 6.45) is 2.97. The van der Waals surface area contributed by atoms with E-state index in [0.29, 0.717) is 34.2 Å². The number of rotatable bonds is 8. The van der Waals surface area contributed by atoms with Crippen molar-refractivity contribution in [1.29, 1.82) is 0 Å². The number of hydrogen-bond acceptors (Lipinski definition) is 6. The molecule has 0 atom stereocenters. The van der Waals surface area contributed by atoms with Crippen LogP contribution in [0, 0.1) is 6.92 Å². The summed E-state index contributed by atoms with van der Waals surface area (Å²) < 4.78 is 17.1. The number of methoxy groups -OCH3 is 1. The van der Waals surface area contributed by atoms with Gasteiger partial charge in [0.15, 0.2) is 5.75 Å². The summed E-state index contributed by atoms with van der Waals surface area (Å²) >= 11 is 1.39. The predicted octanol–water partition coefficient (Wildman–Crippen LogP) is 6.39. The zero-order chi connectivity index (χ0) is 22.5. The van der Waals surface area contributed by atoms with Gasteiger partial charge in [-0.1, -0.05) is 36.4 Å². The Bertz CT molecular complexity index is 1300. The second-order valence-corrected chi connectivity index (χ2v) is 8.02. The Morgan fingerprint density at radius 1 is 0.969 bits per heavy atom. The van der Waals surface area contributed by atoms with Gasteiger partial charge in [0.05, 0.1) is 13.4 Å². The van der Waals surface area contributed by atoms with E-state index in [1.54, 1.807) is 25.3 Å². The molecule has 0 fully saturated rings. The summed E-state index contributed by atoms with van der Waals surface area (Å²) in [5, 5.41) is 0.844. The number of hydrogen-bond donors (Lipinski definition) is 0. The maximum atomic E-state index is 13.5. The molecular formula is C26H20O5S. The van der Waals surface area contributed by atoms with E-state index in [-0.39, 0.29) is 5.78 Å². The van der Waals surface area contributed by atoms with Gasteiger partial charge in [-0.3, -0.25) is 9.59 Å². The molecule has 4 aromatic rings. The van der Waals surface area contributed by atoms with Crippen molar-refractivity contribution in [2.45, 2.75) is 6.92 Å². The number of ether oxygens (including phenoxy) is 3. The number of aryl methyl sites for hydroxylation is 1. The van der Waals surface area contributed by atoms with Gasteiger partial charge in [-0.25, -0.2) is 0 Å². The summed E-state index contributed by atoms with van der Waals surface area (Å²) in [4.78, 5) is 24.2. The molecule has 0 saturated carbocycles. The first-order chi connectivity index (χ1) is 15.6. The lowest BCUT2D eigenvalue weighted by atomic mass is 10.0. The van der Waals surface area contributed by atoms with Crippen molar-refractivity contribution < 1.29 is 23.8 Å². The number of carbonyl (C=O) groups excluding carboxylic acids is 2. The summed E-state index contributed by atoms with van der Waals surface area (Å²) in [6, 6.07) is 20.5. The molecule has 0 aliphatic rings. The van der Waals surface area contributed by atoms with Crippen LogP contribution in [0.25, 0.3) is 16.2 Å². The van der Waals surface area contributed by atoms with Crippen LogP contribution in [-0.2, 0) is 9.53 Å². The highest BCUT2D eigenvalue weighted by atomic mass is 32.1. The molecule has 0 bridgehead atoms. The third-order valence-electron chi connectivity index (χ3n) is 4.94. The Hall–Kier alpha value is -3.90. The minimum Gasteiger partial charge on any atom is -0.497 e. The average molecular weight is 445 g/mol. The molecule has 3 aromatic carbocycles. The normalized spacial score (nSPS) is 10.9.